The first-order chi connectivity index (χ1) is 13.4. The molecule has 0 bridgehead atoms. The molecule has 0 aliphatic carbocycles. The standard InChI is InChI=1S/C21H22O7/c1-26-20(27-2)13-28-19-11-15(17(22)12-18(23)21(24)25)8-9-16(19)10-14-6-4-3-5-7-14/h3-9,11,20H,10,12-13H2,1-2H3,(H,24,25). The van der Waals surface area contributed by atoms with E-state index < -0.39 is 30.2 Å². The van der Waals surface area contributed by atoms with E-state index in [1.807, 2.05) is 30.3 Å². The Labute approximate surface area is 162 Å². The summed E-state index contributed by atoms with van der Waals surface area (Å²) in [7, 11) is 2.97. The van der Waals surface area contributed by atoms with Crippen molar-refractivity contribution in [1.29, 1.82) is 0 Å². The highest BCUT2D eigenvalue weighted by molar-refractivity contribution is 6.37. The number of Topliss-reactive ketones (excluding diaryl/α,β-unsaturated/α-hetero) is 2. The molecule has 0 heterocycles. The van der Waals surface area contributed by atoms with E-state index >= 15 is 0 Å². The largest absolute Gasteiger partial charge is 0.488 e. The minimum atomic E-state index is -1.63. The lowest BCUT2D eigenvalue weighted by molar-refractivity contribution is -0.148. The molecule has 2 aromatic rings. The van der Waals surface area contributed by atoms with Crippen molar-refractivity contribution in [1.82, 2.24) is 0 Å². The van der Waals surface area contributed by atoms with Gasteiger partial charge in [0, 0.05) is 26.2 Å². The topological polar surface area (TPSA) is 99.1 Å². The van der Waals surface area contributed by atoms with Crippen LogP contribution in [0.3, 0.4) is 0 Å². The van der Waals surface area contributed by atoms with Crippen LogP contribution in [0.15, 0.2) is 48.5 Å². The van der Waals surface area contributed by atoms with Crippen LogP contribution in [-0.4, -0.2) is 49.8 Å². The Morgan fingerprint density at radius 3 is 2.29 bits per heavy atom. The van der Waals surface area contributed by atoms with Crippen LogP contribution in [0.1, 0.15) is 27.9 Å². The zero-order chi connectivity index (χ0) is 20.5. The molecule has 0 atom stereocenters. The molecule has 7 heteroatoms. The van der Waals surface area contributed by atoms with E-state index in [-0.39, 0.29) is 12.2 Å². The summed E-state index contributed by atoms with van der Waals surface area (Å²) in [6.07, 6.45) is -0.716. The monoisotopic (exact) mass is 386 g/mol. The summed E-state index contributed by atoms with van der Waals surface area (Å²) in [5.41, 5.74) is 2.09. The Kier molecular flexibility index (Phi) is 7.86. The van der Waals surface area contributed by atoms with E-state index in [9.17, 15) is 14.4 Å². The number of rotatable bonds is 11. The fourth-order valence-corrected chi connectivity index (χ4v) is 2.54. The summed E-state index contributed by atoms with van der Waals surface area (Å²) in [6, 6.07) is 14.5. The Morgan fingerprint density at radius 1 is 1.00 bits per heavy atom. The number of carbonyl (C=O) groups excluding carboxylic acids is 2. The maximum atomic E-state index is 12.2. The molecule has 0 aliphatic rings. The Balaban J connectivity index is 2.27. The first-order valence-corrected chi connectivity index (χ1v) is 8.59. The molecule has 7 nitrogen and oxygen atoms in total. The highest BCUT2D eigenvalue weighted by atomic mass is 16.7. The van der Waals surface area contributed by atoms with Crippen LogP contribution in [0, 0.1) is 0 Å². The number of ketones is 2. The lowest BCUT2D eigenvalue weighted by Crippen LogP contribution is -2.22. The van der Waals surface area contributed by atoms with Crippen LogP contribution in [0.5, 0.6) is 5.75 Å². The molecule has 2 aromatic carbocycles. The minimum Gasteiger partial charge on any atom is -0.488 e. The molecular formula is C21H22O7. The van der Waals surface area contributed by atoms with E-state index in [2.05, 4.69) is 0 Å². The number of carbonyl (C=O) groups is 3. The van der Waals surface area contributed by atoms with Crippen molar-refractivity contribution < 1.29 is 33.7 Å². The van der Waals surface area contributed by atoms with Crippen LogP contribution >= 0.6 is 0 Å². The SMILES string of the molecule is COC(COc1cc(C(=O)CC(=O)C(=O)O)ccc1Cc1ccccc1)OC. The number of hydrogen-bond donors (Lipinski definition) is 1. The number of carboxylic acids is 1. The molecule has 28 heavy (non-hydrogen) atoms. The zero-order valence-electron chi connectivity index (χ0n) is 15.7. The second kappa shape index (κ2) is 10.3. The normalized spacial score (nSPS) is 10.7. The van der Waals surface area contributed by atoms with E-state index in [1.165, 1.54) is 20.3 Å². The average molecular weight is 386 g/mol. The van der Waals surface area contributed by atoms with Gasteiger partial charge in [-0.3, -0.25) is 9.59 Å². The smallest absolute Gasteiger partial charge is 0.372 e. The second-order valence-electron chi connectivity index (χ2n) is 6.03. The van der Waals surface area contributed by atoms with Crippen molar-refractivity contribution >= 4 is 17.5 Å². The van der Waals surface area contributed by atoms with Crippen LogP contribution in [0.4, 0.5) is 0 Å². The minimum absolute atomic E-state index is 0.0977. The van der Waals surface area contributed by atoms with Gasteiger partial charge in [-0.05, 0) is 17.2 Å². The summed E-state index contributed by atoms with van der Waals surface area (Å²) in [5, 5.41) is 8.69. The van der Waals surface area contributed by atoms with Crippen molar-refractivity contribution in [3.63, 3.8) is 0 Å². The highest BCUT2D eigenvalue weighted by Gasteiger charge is 2.19. The maximum absolute atomic E-state index is 12.2. The van der Waals surface area contributed by atoms with Gasteiger partial charge >= 0.3 is 5.97 Å². The number of methoxy groups -OCH3 is 2. The van der Waals surface area contributed by atoms with Gasteiger partial charge in [0.05, 0.1) is 6.42 Å². The number of ether oxygens (including phenoxy) is 3. The second-order valence-corrected chi connectivity index (χ2v) is 6.03. The van der Waals surface area contributed by atoms with Gasteiger partial charge < -0.3 is 19.3 Å². The molecule has 0 radical (unpaired) electrons. The Morgan fingerprint density at radius 2 is 1.68 bits per heavy atom. The lowest BCUT2D eigenvalue weighted by atomic mass is 9.99. The van der Waals surface area contributed by atoms with Gasteiger partial charge in [-0.15, -0.1) is 0 Å². The Hall–Kier alpha value is -3.03. The van der Waals surface area contributed by atoms with Gasteiger partial charge in [-0.2, -0.15) is 0 Å². The molecular weight excluding hydrogens is 364 g/mol. The van der Waals surface area contributed by atoms with Gasteiger partial charge in [0.15, 0.2) is 12.1 Å². The molecule has 0 saturated carbocycles. The van der Waals surface area contributed by atoms with Crippen LogP contribution in [-0.2, 0) is 25.5 Å². The third kappa shape index (κ3) is 6.00. The molecule has 0 saturated heterocycles. The molecule has 0 amide bonds. The third-order valence-electron chi connectivity index (χ3n) is 4.09. The number of hydrogen-bond acceptors (Lipinski definition) is 6. The number of carboxylic acid groups (broad SMARTS) is 1. The van der Waals surface area contributed by atoms with Crippen molar-refractivity contribution in [2.45, 2.75) is 19.1 Å². The van der Waals surface area contributed by atoms with Gasteiger partial charge in [-0.25, -0.2) is 4.79 Å². The van der Waals surface area contributed by atoms with Gasteiger partial charge in [0.25, 0.3) is 0 Å². The summed E-state index contributed by atoms with van der Waals surface area (Å²) in [6.45, 7) is 0.0977. The first-order valence-electron chi connectivity index (χ1n) is 8.59. The fourth-order valence-electron chi connectivity index (χ4n) is 2.54. The summed E-state index contributed by atoms with van der Waals surface area (Å²) in [4.78, 5) is 34.3. The van der Waals surface area contributed by atoms with Gasteiger partial charge in [-0.1, -0.05) is 42.5 Å². The van der Waals surface area contributed by atoms with E-state index in [0.717, 1.165) is 11.1 Å². The summed E-state index contributed by atoms with van der Waals surface area (Å²) < 4.78 is 16.0. The van der Waals surface area contributed by atoms with E-state index in [1.54, 1.807) is 12.1 Å². The summed E-state index contributed by atoms with van der Waals surface area (Å²) >= 11 is 0. The molecule has 0 spiro atoms. The predicted molar refractivity (Wildman–Crippen MR) is 101 cm³/mol. The summed E-state index contributed by atoms with van der Waals surface area (Å²) in [5.74, 6) is -2.93. The molecule has 148 valence electrons. The molecule has 0 aromatic heterocycles. The van der Waals surface area contributed by atoms with Crippen molar-refractivity contribution in [2.24, 2.45) is 0 Å². The first kappa shape index (κ1) is 21.3. The predicted octanol–water partition coefficient (Wildman–Crippen LogP) is 2.50. The van der Waals surface area contributed by atoms with Crippen molar-refractivity contribution in [3.05, 3.63) is 65.2 Å². The molecule has 0 aliphatic heterocycles. The molecule has 1 N–H and O–H groups in total. The van der Waals surface area contributed by atoms with Gasteiger partial charge in [0.1, 0.15) is 12.4 Å². The van der Waals surface area contributed by atoms with Gasteiger partial charge in [0.2, 0.25) is 5.78 Å². The fraction of sp³-hybridized carbons (Fsp3) is 0.286. The maximum Gasteiger partial charge on any atom is 0.372 e. The molecule has 0 fully saturated rings. The third-order valence-corrected chi connectivity index (χ3v) is 4.09. The number of aliphatic carboxylic acids is 1. The zero-order valence-corrected chi connectivity index (χ0v) is 15.7. The van der Waals surface area contributed by atoms with E-state index in [4.69, 9.17) is 19.3 Å². The van der Waals surface area contributed by atoms with E-state index in [0.29, 0.717) is 12.2 Å². The van der Waals surface area contributed by atoms with Crippen molar-refractivity contribution in [2.75, 3.05) is 20.8 Å². The number of benzene rings is 2. The molecule has 2 rings (SSSR count). The van der Waals surface area contributed by atoms with Crippen molar-refractivity contribution in [3.8, 4) is 5.75 Å². The highest BCUT2D eigenvalue weighted by Crippen LogP contribution is 2.25. The molecule has 0 unspecified atom stereocenters. The van der Waals surface area contributed by atoms with Crippen LogP contribution in [0.2, 0.25) is 0 Å². The quantitative estimate of drug-likeness (QED) is 0.274. The Bertz CT molecular complexity index is 826. The lowest BCUT2D eigenvalue weighted by Gasteiger charge is -2.17. The van der Waals surface area contributed by atoms with Crippen LogP contribution < -0.4 is 4.74 Å². The van der Waals surface area contributed by atoms with Crippen LogP contribution in [0.25, 0.3) is 0 Å². The average Bonchev–Trinajstić information content (AvgIpc) is 2.70.